The Kier molecular flexibility index (Phi) is 4.91. The second-order valence-electron chi connectivity index (χ2n) is 6.44. The average Bonchev–Trinajstić information content (AvgIpc) is 3.32. The lowest BCUT2D eigenvalue weighted by molar-refractivity contribution is -0.402. The molecule has 0 aromatic carbocycles. The highest BCUT2D eigenvalue weighted by Gasteiger charge is 2.37. The van der Waals surface area contributed by atoms with Gasteiger partial charge in [-0.1, -0.05) is 12.8 Å². The molecule has 0 bridgehead atoms. The quantitative estimate of drug-likeness (QED) is 0.602. The van der Waals surface area contributed by atoms with Gasteiger partial charge in [0.2, 0.25) is 0 Å². The number of nitrogens with zero attached hydrogens (tertiary/aromatic N) is 1. The lowest BCUT2D eigenvalue weighted by atomic mass is 9.84. The summed E-state index contributed by atoms with van der Waals surface area (Å²) in [7, 11) is 0. The Balaban J connectivity index is 1.73. The lowest BCUT2D eigenvalue weighted by Crippen LogP contribution is -2.38. The van der Waals surface area contributed by atoms with E-state index in [-0.39, 0.29) is 11.2 Å². The van der Waals surface area contributed by atoms with E-state index in [0.717, 1.165) is 35.4 Å². The number of carbonyl (C=O) groups excluding carboxylic acids is 1. The molecular formula is C17H20N2O5S. The van der Waals surface area contributed by atoms with E-state index in [9.17, 15) is 20.0 Å². The number of amides is 1. The molecule has 1 unspecified atom stereocenters. The third-order valence-corrected chi connectivity index (χ3v) is 6.21. The van der Waals surface area contributed by atoms with E-state index in [1.54, 1.807) is 18.3 Å². The van der Waals surface area contributed by atoms with E-state index in [2.05, 4.69) is 5.32 Å². The fourth-order valence-corrected chi connectivity index (χ4v) is 4.50. The van der Waals surface area contributed by atoms with Crippen molar-refractivity contribution in [2.24, 2.45) is 0 Å². The van der Waals surface area contributed by atoms with Crippen molar-refractivity contribution >= 4 is 23.1 Å². The van der Waals surface area contributed by atoms with Crippen LogP contribution in [0, 0.1) is 10.1 Å². The van der Waals surface area contributed by atoms with Crippen molar-refractivity contribution in [2.75, 3.05) is 6.54 Å². The minimum Gasteiger partial charge on any atom is -0.395 e. The van der Waals surface area contributed by atoms with Gasteiger partial charge >= 0.3 is 5.88 Å². The van der Waals surface area contributed by atoms with Gasteiger partial charge in [0.15, 0.2) is 5.76 Å². The third kappa shape index (κ3) is 3.59. The maximum absolute atomic E-state index is 12.3. The summed E-state index contributed by atoms with van der Waals surface area (Å²) < 4.78 is 4.95. The summed E-state index contributed by atoms with van der Waals surface area (Å²) in [6, 6.07) is 6.45. The van der Waals surface area contributed by atoms with Gasteiger partial charge in [0.25, 0.3) is 5.91 Å². The van der Waals surface area contributed by atoms with E-state index >= 15 is 0 Å². The SMILES string of the molecule is CC(O)c1ccc(C2(CNC(=O)c3ccc([N+](=O)[O-])o3)CCCC2)s1. The topological polar surface area (TPSA) is 106 Å². The molecule has 0 radical (unpaired) electrons. The molecule has 0 spiro atoms. The molecule has 0 aliphatic heterocycles. The van der Waals surface area contributed by atoms with E-state index in [1.807, 2.05) is 12.1 Å². The summed E-state index contributed by atoms with van der Waals surface area (Å²) in [4.78, 5) is 24.3. The number of aliphatic hydroxyl groups excluding tert-OH is 1. The summed E-state index contributed by atoms with van der Waals surface area (Å²) in [5.74, 6) is -0.956. The van der Waals surface area contributed by atoms with Crippen LogP contribution in [0.2, 0.25) is 0 Å². The number of carbonyl (C=O) groups is 1. The highest BCUT2D eigenvalue weighted by Crippen LogP contribution is 2.44. The summed E-state index contributed by atoms with van der Waals surface area (Å²) in [6.07, 6.45) is 3.60. The van der Waals surface area contributed by atoms with Crippen LogP contribution in [-0.2, 0) is 5.41 Å². The van der Waals surface area contributed by atoms with E-state index in [4.69, 9.17) is 4.42 Å². The Bertz CT molecular complexity index is 774. The average molecular weight is 364 g/mol. The van der Waals surface area contributed by atoms with Gasteiger partial charge in [0.05, 0.1) is 12.2 Å². The molecule has 134 valence electrons. The van der Waals surface area contributed by atoms with Gasteiger partial charge in [-0.25, -0.2) is 0 Å². The third-order valence-electron chi connectivity index (χ3n) is 4.70. The highest BCUT2D eigenvalue weighted by molar-refractivity contribution is 7.12. The number of aliphatic hydroxyl groups is 1. The van der Waals surface area contributed by atoms with Crippen LogP contribution in [0.4, 0.5) is 5.88 Å². The van der Waals surface area contributed by atoms with Crippen LogP contribution in [0.25, 0.3) is 0 Å². The number of rotatable bonds is 6. The Morgan fingerprint density at radius 3 is 2.68 bits per heavy atom. The van der Waals surface area contributed by atoms with Gasteiger partial charge in [-0.15, -0.1) is 11.3 Å². The zero-order valence-corrected chi connectivity index (χ0v) is 14.7. The molecule has 0 saturated heterocycles. The normalized spacial score (nSPS) is 17.4. The molecule has 25 heavy (non-hydrogen) atoms. The maximum Gasteiger partial charge on any atom is 0.433 e. The highest BCUT2D eigenvalue weighted by atomic mass is 32.1. The number of furan rings is 1. The zero-order chi connectivity index (χ0) is 18.0. The van der Waals surface area contributed by atoms with Gasteiger partial charge < -0.3 is 14.8 Å². The molecule has 2 N–H and O–H groups in total. The Morgan fingerprint density at radius 1 is 1.40 bits per heavy atom. The van der Waals surface area contributed by atoms with Crippen molar-refractivity contribution in [3.63, 3.8) is 0 Å². The largest absolute Gasteiger partial charge is 0.433 e. The molecule has 8 heteroatoms. The monoisotopic (exact) mass is 364 g/mol. The standard InChI is InChI=1S/C17H20N2O5S/c1-11(20)13-5-6-14(25-13)17(8-2-3-9-17)10-18-16(21)12-4-7-15(24-12)19(22)23/h4-7,11,20H,2-3,8-10H2,1H3,(H,18,21). The van der Waals surface area contributed by atoms with Crippen LogP contribution in [0.5, 0.6) is 0 Å². The maximum atomic E-state index is 12.3. The Morgan fingerprint density at radius 2 is 2.12 bits per heavy atom. The fourth-order valence-electron chi connectivity index (χ4n) is 3.31. The molecule has 2 heterocycles. The van der Waals surface area contributed by atoms with Gasteiger partial charge in [-0.2, -0.15) is 0 Å². The van der Waals surface area contributed by atoms with Crippen LogP contribution >= 0.6 is 11.3 Å². The van der Waals surface area contributed by atoms with Crippen LogP contribution in [0.1, 0.15) is 59.0 Å². The Labute approximate surface area is 148 Å². The van der Waals surface area contributed by atoms with Crippen molar-refractivity contribution in [3.05, 3.63) is 49.9 Å². The number of hydrogen-bond acceptors (Lipinski definition) is 6. The van der Waals surface area contributed by atoms with Crippen molar-refractivity contribution < 1.29 is 19.2 Å². The van der Waals surface area contributed by atoms with Crippen molar-refractivity contribution in [3.8, 4) is 0 Å². The van der Waals surface area contributed by atoms with Crippen LogP contribution < -0.4 is 5.32 Å². The van der Waals surface area contributed by atoms with Gasteiger partial charge in [-0.05, 0) is 38.0 Å². The summed E-state index contributed by atoms with van der Waals surface area (Å²) in [6.45, 7) is 2.18. The second kappa shape index (κ2) is 6.97. The zero-order valence-electron chi connectivity index (χ0n) is 13.9. The predicted octanol–water partition coefficient (Wildman–Crippen LogP) is 3.54. The smallest absolute Gasteiger partial charge is 0.395 e. The first-order valence-electron chi connectivity index (χ1n) is 8.22. The first kappa shape index (κ1) is 17.6. The summed E-state index contributed by atoms with van der Waals surface area (Å²) in [5.41, 5.74) is -0.147. The molecule has 3 rings (SSSR count). The van der Waals surface area contributed by atoms with Crippen molar-refractivity contribution in [1.29, 1.82) is 0 Å². The first-order chi connectivity index (χ1) is 11.9. The van der Waals surface area contributed by atoms with E-state index < -0.39 is 22.8 Å². The van der Waals surface area contributed by atoms with Crippen LogP contribution in [0.3, 0.4) is 0 Å². The Hall–Kier alpha value is -2.19. The molecule has 1 fully saturated rings. The molecule has 2 aromatic rings. The number of nitrogens with one attached hydrogen (secondary N) is 1. The minimum absolute atomic E-state index is 0.0595. The minimum atomic E-state index is -0.668. The lowest BCUT2D eigenvalue weighted by Gasteiger charge is -2.28. The molecule has 1 aliphatic carbocycles. The molecule has 2 aromatic heterocycles. The first-order valence-corrected chi connectivity index (χ1v) is 9.04. The predicted molar refractivity (Wildman–Crippen MR) is 92.8 cm³/mol. The summed E-state index contributed by atoms with van der Waals surface area (Å²) in [5, 5.41) is 23.3. The van der Waals surface area contributed by atoms with Gasteiger partial charge in [0.1, 0.15) is 4.92 Å². The molecule has 1 atom stereocenters. The van der Waals surface area contributed by atoms with Crippen LogP contribution in [0.15, 0.2) is 28.7 Å². The van der Waals surface area contributed by atoms with Gasteiger partial charge in [0, 0.05) is 21.7 Å². The molecule has 7 nitrogen and oxygen atoms in total. The van der Waals surface area contributed by atoms with Crippen LogP contribution in [-0.4, -0.2) is 22.5 Å². The second-order valence-corrected chi connectivity index (χ2v) is 7.56. The summed E-state index contributed by atoms with van der Waals surface area (Å²) >= 11 is 1.58. The van der Waals surface area contributed by atoms with Crippen molar-refractivity contribution in [1.82, 2.24) is 5.32 Å². The fraction of sp³-hybridized carbons (Fsp3) is 0.471. The molecular weight excluding hydrogens is 344 g/mol. The van der Waals surface area contributed by atoms with E-state index in [0.29, 0.717) is 6.54 Å². The van der Waals surface area contributed by atoms with E-state index in [1.165, 1.54) is 12.1 Å². The number of thiophene rings is 1. The van der Waals surface area contributed by atoms with Gasteiger partial charge in [-0.3, -0.25) is 14.9 Å². The molecule has 1 saturated carbocycles. The number of nitro groups is 1. The molecule has 1 amide bonds. The number of hydrogen-bond donors (Lipinski definition) is 2. The van der Waals surface area contributed by atoms with Crippen molar-refractivity contribution in [2.45, 2.75) is 44.1 Å². The molecule has 1 aliphatic rings.